The summed E-state index contributed by atoms with van der Waals surface area (Å²) in [6.07, 6.45) is 3.34. The second-order valence-electron chi connectivity index (χ2n) is 6.27. The van der Waals surface area contributed by atoms with E-state index in [0.717, 1.165) is 20.7 Å². The maximum absolute atomic E-state index is 12.3. The molecule has 0 aliphatic carbocycles. The van der Waals surface area contributed by atoms with Crippen molar-refractivity contribution >= 4 is 50.8 Å². The van der Waals surface area contributed by atoms with E-state index in [0.29, 0.717) is 22.9 Å². The number of amides is 2. The maximum atomic E-state index is 12.3. The minimum Gasteiger partial charge on any atom is -0.352 e. The lowest BCUT2D eigenvalue weighted by molar-refractivity contribution is -0.120. The van der Waals surface area contributed by atoms with Gasteiger partial charge in [-0.2, -0.15) is 5.10 Å². The molecule has 29 heavy (non-hydrogen) atoms. The number of pyridine rings is 1. The fraction of sp³-hybridized carbons (Fsp3) is 0.100. The van der Waals surface area contributed by atoms with Crippen LogP contribution in [0.3, 0.4) is 0 Å². The molecule has 9 heteroatoms. The molecule has 4 rings (SSSR count). The van der Waals surface area contributed by atoms with E-state index in [1.165, 1.54) is 11.3 Å². The standard InChI is InChI=1S/C20H16ClN5O2S/c21-16-4-2-1-3-13(16)11-23-17(27)10-14-9-15-18(25-26-20(15)29-14)24-19(28)12-5-7-22-8-6-12/h1-9H,10-11H2,(H,23,27)(H2,24,25,26,28). The Bertz CT molecular complexity index is 1170. The number of hydrogen-bond donors (Lipinski definition) is 3. The Morgan fingerprint density at radius 1 is 1.14 bits per heavy atom. The number of nitrogens with zero attached hydrogens (tertiary/aromatic N) is 2. The number of thiophene rings is 1. The Kier molecular flexibility index (Phi) is 5.55. The van der Waals surface area contributed by atoms with Gasteiger partial charge in [0.1, 0.15) is 10.6 Å². The summed E-state index contributed by atoms with van der Waals surface area (Å²) < 4.78 is 0. The summed E-state index contributed by atoms with van der Waals surface area (Å²) in [6.45, 7) is 0.370. The van der Waals surface area contributed by atoms with E-state index in [2.05, 4.69) is 25.8 Å². The Morgan fingerprint density at radius 2 is 1.93 bits per heavy atom. The number of aromatic nitrogens is 3. The zero-order chi connectivity index (χ0) is 20.2. The number of anilines is 1. The molecule has 0 atom stereocenters. The number of nitrogens with one attached hydrogen (secondary N) is 3. The van der Waals surface area contributed by atoms with Crippen molar-refractivity contribution in [2.75, 3.05) is 5.32 Å². The zero-order valence-electron chi connectivity index (χ0n) is 15.1. The monoisotopic (exact) mass is 425 g/mol. The largest absolute Gasteiger partial charge is 0.352 e. The van der Waals surface area contributed by atoms with Gasteiger partial charge in [0.05, 0.1) is 11.8 Å². The minimum absolute atomic E-state index is 0.111. The predicted molar refractivity (Wildman–Crippen MR) is 113 cm³/mol. The molecule has 0 aliphatic heterocycles. The van der Waals surface area contributed by atoms with Crippen LogP contribution in [0.1, 0.15) is 20.8 Å². The van der Waals surface area contributed by atoms with Gasteiger partial charge in [-0.05, 0) is 29.8 Å². The minimum atomic E-state index is -0.261. The fourth-order valence-corrected chi connectivity index (χ4v) is 3.98. The van der Waals surface area contributed by atoms with Crippen LogP contribution < -0.4 is 10.6 Å². The van der Waals surface area contributed by atoms with Crippen LogP contribution in [-0.4, -0.2) is 27.0 Å². The molecule has 7 nitrogen and oxygen atoms in total. The van der Waals surface area contributed by atoms with E-state index in [1.807, 2.05) is 24.3 Å². The maximum Gasteiger partial charge on any atom is 0.256 e. The average Bonchev–Trinajstić information content (AvgIpc) is 3.29. The molecule has 0 spiro atoms. The fourth-order valence-electron chi connectivity index (χ4n) is 2.79. The van der Waals surface area contributed by atoms with Crippen LogP contribution in [0.15, 0.2) is 54.9 Å². The molecule has 3 heterocycles. The summed E-state index contributed by atoms with van der Waals surface area (Å²) in [5.41, 5.74) is 1.36. The molecule has 2 amide bonds. The third-order valence-corrected chi connectivity index (χ3v) is 5.65. The molecule has 0 bridgehead atoms. The highest BCUT2D eigenvalue weighted by Gasteiger charge is 2.15. The van der Waals surface area contributed by atoms with Crippen LogP contribution in [-0.2, 0) is 17.8 Å². The lowest BCUT2D eigenvalue weighted by Gasteiger charge is -2.06. The Morgan fingerprint density at radius 3 is 2.72 bits per heavy atom. The van der Waals surface area contributed by atoms with Crippen LogP contribution in [0, 0.1) is 0 Å². The summed E-state index contributed by atoms with van der Waals surface area (Å²) >= 11 is 7.51. The average molecular weight is 426 g/mol. The van der Waals surface area contributed by atoms with Gasteiger partial charge in [-0.3, -0.25) is 19.7 Å². The van der Waals surface area contributed by atoms with Gasteiger partial charge in [0.2, 0.25) is 5.91 Å². The number of benzene rings is 1. The molecule has 4 aromatic rings. The van der Waals surface area contributed by atoms with E-state index in [9.17, 15) is 9.59 Å². The van der Waals surface area contributed by atoms with Gasteiger partial charge < -0.3 is 10.6 Å². The Labute approximate surface area is 175 Å². The van der Waals surface area contributed by atoms with Gasteiger partial charge in [-0.15, -0.1) is 11.3 Å². The van der Waals surface area contributed by atoms with Gasteiger partial charge in [0, 0.05) is 34.4 Å². The van der Waals surface area contributed by atoms with Crippen molar-refractivity contribution in [2.24, 2.45) is 0 Å². The summed E-state index contributed by atoms with van der Waals surface area (Å²) in [5.74, 6) is 0.129. The Hall–Kier alpha value is -3.23. The molecule has 0 radical (unpaired) electrons. The summed E-state index contributed by atoms with van der Waals surface area (Å²) in [4.78, 5) is 30.1. The third kappa shape index (κ3) is 4.44. The van der Waals surface area contributed by atoms with E-state index in [-0.39, 0.29) is 18.2 Å². The van der Waals surface area contributed by atoms with Crippen molar-refractivity contribution in [3.05, 3.63) is 75.9 Å². The van der Waals surface area contributed by atoms with E-state index in [1.54, 1.807) is 30.6 Å². The molecule has 0 aliphatic rings. The van der Waals surface area contributed by atoms with Crippen LogP contribution in [0.2, 0.25) is 5.02 Å². The van der Waals surface area contributed by atoms with Gasteiger partial charge in [0.25, 0.3) is 5.91 Å². The van der Waals surface area contributed by atoms with Crippen LogP contribution in [0.4, 0.5) is 5.82 Å². The molecule has 146 valence electrons. The molecule has 3 N–H and O–H groups in total. The van der Waals surface area contributed by atoms with Crippen molar-refractivity contribution in [2.45, 2.75) is 13.0 Å². The number of carbonyl (C=O) groups excluding carboxylic acids is 2. The van der Waals surface area contributed by atoms with Gasteiger partial charge in [-0.25, -0.2) is 0 Å². The normalized spacial score (nSPS) is 10.8. The number of fused-ring (bicyclic) bond motifs is 1. The molecule has 3 aromatic heterocycles. The van der Waals surface area contributed by atoms with Crippen LogP contribution >= 0.6 is 22.9 Å². The summed E-state index contributed by atoms with van der Waals surface area (Å²) in [7, 11) is 0. The topological polar surface area (TPSA) is 99.8 Å². The first kappa shape index (κ1) is 19.1. The highest BCUT2D eigenvalue weighted by Crippen LogP contribution is 2.29. The predicted octanol–water partition coefficient (Wildman–Crippen LogP) is 3.78. The molecule has 0 saturated heterocycles. The lowest BCUT2D eigenvalue weighted by Crippen LogP contribution is -2.24. The molecular formula is C20H16ClN5O2S. The van der Waals surface area contributed by atoms with Crippen molar-refractivity contribution in [1.29, 1.82) is 0 Å². The first-order valence-corrected chi connectivity index (χ1v) is 9.98. The molecule has 0 fully saturated rings. The smallest absolute Gasteiger partial charge is 0.256 e. The summed E-state index contributed by atoms with van der Waals surface area (Å²) in [5, 5.41) is 14.1. The molecule has 1 aromatic carbocycles. The quantitative estimate of drug-likeness (QED) is 0.437. The number of H-pyrrole nitrogens is 1. The van der Waals surface area contributed by atoms with Gasteiger partial charge in [-0.1, -0.05) is 29.8 Å². The number of aromatic amines is 1. The number of carbonyl (C=O) groups is 2. The first-order valence-electron chi connectivity index (χ1n) is 8.78. The van der Waals surface area contributed by atoms with Gasteiger partial charge >= 0.3 is 0 Å². The number of rotatable bonds is 6. The van der Waals surface area contributed by atoms with Crippen molar-refractivity contribution in [3.63, 3.8) is 0 Å². The van der Waals surface area contributed by atoms with E-state index < -0.39 is 0 Å². The number of halogens is 1. The third-order valence-electron chi connectivity index (χ3n) is 4.25. The summed E-state index contributed by atoms with van der Waals surface area (Å²) in [6, 6.07) is 12.5. The van der Waals surface area contributed by atoms with Crippen molar-refractivity contribution in [1.82, 2.24) is 20.5 Å². The molecule has 0 saturated carbocycles. The number of hydrogen-bond acceptors (Lipinski definition) is 5. The van der Waals surface area contributed by atoms with Crippen LogP contribution in [0.25, 0.3) is 10.2 Å². The highest BCUT2D eigenvalue weighted by atomic mass is 35.5. The van der Waals surface area contributed by atoms with E-state index in [4.69, 9.17) is 11.6 Å². The lowest BCUT2D eigenvalue weighted by atomic mass is 10.2. The molecular weight excluding hydrogens is 410 g/mol. The van der Waals surface area contributed by atoms with Crippen molar-refractivity contribution in [3.8, 4) is 0 Å². The Balaban J connectivity index is 1.41. The zero-order valence-corrected chi connectivity index (χ0v) is 16.7. The van der Waals surface area contributed by atoms with Crippen molar-refractivity contribution < 1.29 is 9.59 Å². The first-order chi connectivity index (χ1) is 14.1. The second-order valence-corrected chi connectivity index (χ2v) is 7.79. The molecule has 0 unspecified atom stereocenters. The van der Waals surface area contributed by atoms with Gasteiger partial charge in [0.15, 0.2) is 0 Å². The van der Waals surface area contributed by atoms with Crippen LogP contribution in [0.5, 0.6) is 0 Å². The second kappa shape index (κ2) is 8.42. The SMILES string of the molecule is O=C(Cc1cc2c(NC(=O)c3ccncc3)[nH]nc2s1)NCc1ccccc1Cl. The highest BCUT2D eigenvalue weighted by molar-refractivity contribution is 7.18. The van der Waals surface area contributed by atoms with E-state index >= 15 is 0 Å².